The van der Waals surface area contributed by atoms with Gasteiger partial charge in [0.1, 0.15) is 0 Å². The van der Waals surface area contributed by atoms with Crippen LogP contribution in [0.25, 0.3) is 0 Å². The largest absolute Gasteiger partial charge is 0.469 e. The number of methoxy groups -OCH3 is 2. The van der Waals surface area contributed by atoms with Crippen LogP contribution >= 0.6 is 23.2 Å². The number of ether oxygens (including phenoxy) is 2. The Hall–Kier alpha value is -1.77. The molecule has 0 aliphatic carbocycles. The van der Waals surface area contributed by atoms with Crippen molar-refractivity contribution in [1.29, 1.82) is 5.26 Å². The number of nitrogens with zero attached hydrogens (tertiary/aromatic N) is 1. The van der Waals surface area contributed by atoms with E-state index in [1.54, 1.807) is 18.2 Å². The highest BCUT2D eigenvalue weighted by molar-refractivity contribution is 6.42. The summed E-state index contributed by atoms with van der Waals surface area (Å²) in [5.41, 5.74) is -0.647. The number of carbonyl (C=O) groups is 2. The molecule has 0 bridgehead atoms. The average molecular weight is 358 g/mol. The lowest BCUT2D eigenvalue weighted by Gasteiger charge is -2.27. The van der Waals surface area contributed by atoms with Gasteiger partial charge in [-0.05, 0) is 24.5 Å². The molecule has 7 heteroatoms. The van der Waals surface area contributed by atoms with Gasteiger partial charge >= 0.3 is 11.9 Å². The Morgan fingerprint density at radius 2 is 1.65 bits per heavy atom. The number of carbonyl (C=O) groups excluding carboxylic acids is 2. The lowest BCUT2D eigenvalue weighted by atomic mass is 9.74. The number of benzene rings is 1. The third-order valence-electron chi connectivity index (χ3n) is 3.65. The van der Waals surface area contributed by atoms with Gasteiger partial charge in [-0.15, -0.1) is 0 Å². The molecule has 1 aromatic rings. The first-order valence-electron chi connectivity index (χ1n) is 6.89. The quantitative estimate of drug-likeness (QED) is 0.695. The van der Waals surface area contributed by atoms with Gasteiger partial charge in [-0.2, -0.15) is 5.26 Å². The van der Waals surface area contributed by atoms with Crippen molar-refractivity contribution in [3.63, 3.8) is 0 Å². The Labute approximate surface area is 145 Å². The minimum atomic E-state index is -1.13. The van der Waals surface area contributed by atoms with Gasteiger partial charge in [-0.3, -0.25) is 9.59 Å². The van der Waals surface area contributed by atoms with Gasteiger partial charge in [0.15, 0.2) is 0 Å². The van der Waals surface area contributed by atoms with E-state index in [9.17, 15) is 14.9 Å². The van der Waals surface area contributed by atoms with Crippen LogP contribution in [0.5, 0.6) is 0 Å². The Kier molecular flexibility index (Phi) is 7.34. The van der Waals surface area contributed by atoms with E-state index in [1.165, 1.54) is 14.2 Å². The molecule has 0 saturated heterocycles. The Morgan fingerprint density at radius 3 is 2.09 bits per heavy atom. The number of hydrogen-bond donors (Lipinski definition) is 0. The molecular formula is C16H17Cl2NO4. The maximum Gasteiger partial charge on any atom is 0.305 e. The molecule has 23 heavy (non-hydrogen) atoms. The van der Waals surface area contributed by atoms with Crippen LogP contribution in [0.3, 0.4) is 0 Å². The monoisotopic (exact) mass is 357 g/mol. The fourth-order valence-corrected chi connectivity index (χ4v) is 2.76. The molecule has 0 atom stereocenters. The average Bonchev–Trinajstić information content (AvgIpc) is 2.57. The number of esters is 2. The van der Waals surface area contributed by atoms with Crippen LogP contribution in [0.15, 0.2) is 18.2 Å². The SMILES string of the molecule is COC(=O)CCC(C#N)(CCC(=O)OC)c1cccc(Cl)c1Cl. The van der Waals surface area contributed by atoms with E-state index >= 15 is 0 Å². The van der Waals surface area contributed by atoms with Crippen molar-refractivity contribution in [1.82, 2.24) is 0 Å². The predicted molar refractivity (Wildman–Crippen MR) is 86.3 cm³/mol. The van der Waals surface area contributed by atoms with Gasteiger partial charge in [-0.25, -0.2) is 0 Å². The predicted octanol–water partition coefficient (Wildman–Crippen LogP) is 3.66. The summed E-state index contributed by atoms with van der Waals surface area (Å²) in [5.74, 6) is -0.887. The highest BCUT2D eigenvalue weighted by Gasteiger charge is 2.36. The number of halogens is 2. The third kappa shape index (κ3) is 4.85. The van der Waals surface area contributed by atoms with Crippen LogP contribution in [0.2, 0.25) is 10.0 Å². The highest BCUT2D eigenvalue weighted by atomic mass is 35.5. The van der Waals surface area contributed by atoms with Crippen LogP contribution in [0.1, 0.15) is 31.2 Å². The van der Waals surface area contributed by atoms with Gasteiger partial charge in [0, 0.05) is 12.8 Å². The molecule has 0 aliphatic heterocycles. The zero-order chi connectivity index (χ0) is 17.5. The smallest absolute Gasteiger partial charge is 0.305 e. The molecule has 0 fully saturated rings. The van der Waals surface area contributed by atoms with Crippen molar-refractivity contribution in [3.8, 4) is 6.07 Å². The van der Waals surface area contributed by atoms with Crippen molar-refractivity contribution in [3.05, 3.63) is 33.8 Å². The summed E-state index contributed by atoms with van der Waals surface area (Å²) in [7, 11) is 2.55. The number of nitriles is 1. The lowest BCUT2D eigenvalue weighted by Crippen LogP contribution is -2.27. The highest BCUT2D eigenvalue weighted by Crippen LogP contribution is 2.40. The first-order valence-corrected chi connectivity index (χ1v) is 7.65. The molecule has 0 N–H and O–H groups in total. The summed E-state index contributed by atoms with van der Waals surface area (Å²) >= 11 is 12.3. The molecule has 0 aromatic heterocycles. The van der Waals surface area contributed by atoms with Crippen LogP contribution in [-0.2, 0) is 24.5 Å². The van der Waals surface area contributed by atoms with Crippen molar-refractivity contribution >= 4 is 35.1 Å². The van der Waals surface area contributed by atoms with Crippen LogP contribution in [0, 0.1) is 11.3 Å². The minimum absolute atomic E-state index is 0.0219. The molecule has 0 spiro atoms. The summed E-state index contributed by atoms with van der Waals surface area (Å²) in [5, 5.41) is 10.3. The molecule has 0 radical (unpaired) electrons. The van der Waals surface area contributed by atoms with Gasteiger partial charge in [0.05, 0.1) is 35.7 Å². The molecule has 124 valence electrons. The lowest BCUT2D eigenvalue weighted by molar-refractivity contribution is -0.141. The van der Waals surface area contributed by atoms with E-state index in [0.29, 0.717) is 10.6 Å². The second-order valence-corrected chi connectivity index (χ2v) is 5.73. The zero-order valence-electron chi connectivity index (χ0n) is 12.9. The van der Waals surface area contributed by atoms with Crippen molar-refractivity contribution < 1.29 is 19.1 Å². The van der Waals surface area contributed by atoms with E-state index < -0.39 is 17.4 Å². The Morgan fingerprint density at radius 1 is 1.13 bits per heavy atom. The number of rotatable bonds is 7. The standard InChI is InChI=1S/C16H17Cl2NO4/c1-22-13(20)6-8-16(10-19,9-7-14(21)23-2)11-4-3-5-12(17)15(11)18/h3-5H,6-9H2,1-2H3. The maximum atomic E-state index is 11.5. The molecule has 0 heterocycles. The summed E-state index contributed by atoms with van der Waals surface area (Å²) in [6, 6.07) is 7.15. The molecule has 0 saturated carbocycles. The molecular weight excluding hydrogens is 341 g/mol. The molecule has 5 nitrogen and oxygen atoms in total. The topological polar surface area (TPSA) is 76.4 Å². The van der Waals surface area contributed by atoms with E-state index in [-0.39, 0.29) is 30.7 Å². The summed E-state index contributed by atoms with van der Waals surface area (Å²) < 4.78 is 9.26. The zero-order valence-corrected chi connectivity index (χ0v) is 14.4. The fraction of sp³-hybridized carbons (Fsp3) is 0.438. The molecule has 1 aromatic carbocycles. The van der Waals surface area contributed by atoms with E-state index in [4.69, 9.17) is 23.2 Å². The normalized spacial score (nSPS) is 10.7. The number of hydrogen-bond acceptors (Lipinski definition) is 5. The first kappa shape index (κ1) is 19.3. The van der Waals surface area contributed by atoms with Crippen LogP contribution in [-0.4, -0.2) is 26.2 Å². The Balaban J connectivity index is 3.22. The molecule has 0 aliphatic rings. The van der Waals surface area contributed by atoms with Gasteiger partial charge in [-0.1, -0.05) is 35.3 Å². The second-order valence-electron chi connectivity index (χ2n) is 4.95. The summed E-state index contributed by atoms with van der Waals surface area (Å²) in [4.78, 5) is 22.9. The third-order valence-corrected chi connectivity index (χ3v) is 4.47. The van der Waals surface area contributed by atoms with Crippen LogP contribution in [0.4, 0.5) is 0 Å². The Bertz CT molecular complexity index is 605. The van der Waals surface area contributed by atoms with Gasteiger partial charge < -0.3 is 9.47 Å². The van der Waals surface area contributed by atoms with Crippen LogP contribution < -0.4 is 0 Å². The van der Waals surface area contributed by atoms with Gasteiger partial charge in [0.2, 0.25) is 0 Å². The molecule has 0 unspecified atom stereocenters. The summed E-state index contributed by atoms with van der Waals surface area (Å²) in [6.45, 7) is 0. The minimum Gasteiger partial charge on any atom is -0.469 e. The van der Waals surface area contributed by atoms with Crippen molar-refractivity contribution in [2.75, 3.05) is 14.2 Å². The van der Waals surface area contributed by atoms with E-state index in [1.807, 2.05) is 0 Å². The van der Waals surface area contributed by atoms with E-state index in [2.05, 4.69) is 15.5 Å². The molecule has 1 rings (SSSR count). The second kappa shape index (κ2) is 8.76. The van der Waals surface area contributed by atoms with Crippen molar-refractivity contribution in [2.45, 2.75) is 31.1 Å². The molecule has 0 amide bonds. The van der Waals surface area contributed by atoms with E-state index in [0.717, 1.165) is 0 Å². The van der Waals surface area contributed by atoms with Gasteiger partial charge in [0.25, 0.3) is 0 Å². The summed E-state index contributed by atoms with van der Waals surface area (Å²) in [6.07, 6.45) is 0.364. The maximum absolute atomic E-state index is 11.5. The van der Waals surface area contributed by atoms with Crippen molar-refractivity contribution in [2.24, 2.45) is 0 Å². The fourth-order valence-electron chi connectivity index (χ4n) is 2.27. The first-order chi connectivity index (χ1) is 10.9.